The van der Waals surface area contributed by atoms with E-state index in [0.717, 1.165) is 37.2 Å². The lowest BCUT2D eigenvalue weighted by molar-refractivity contribution is -0.274. The molecule has 2 aromatic carbocycles. The van der Waals surface area contributed by atoms with Crippen LogP contribution >= 0.6 is 0 Å². The third-order valence-corrected chi connectivity index (χ3v) is 7.83. The summed E-state index contributed by atoms with van der Waals surface area (Å²) in [6.07, 6.45) is 5.79. The molecule has 0 unspecified atom stereocenters. The Balaban J connectivity index is 1.45. The van der Waals surface area contributed by atoms with E-state index < -0.39 is 12.3 Å². The average molecular weight is 533 g/mol. The Morgan fingerprint density at radius 2 is 1.47 bits per heavy atom. The SMILES string of the molecule is COC(=O)c1ccc(CN(C(=O)Nc2ccc(OC(F)(F)F)cc2)[C@H]2CC[C@@H](C3CCCCC3)CC2)cc1. The molecule has 0 radical (unpaired) electrons. The lowest BCUT2D eigenvalue weighted by Crippen LogP contribution is -2.44. The highest BCUT2D eigenvalue weighted by molar-refractivity contribution is 5.90. The van der Waals surface area contributed by atoms with Gasteiger partial charge in [0.1, 0.15) is 5.75 Å². The van der Waals surface area contributed by atoms with Crippen LogP contribution in [0.25, 0.3) is 0 Å². The van der Waals surface area contributed by atoms with Crippen LogP contribution in [0, 0.1) is 11.8 Å². The monoisotopic (exact) mass is 532 g/mol. The highest BCUT2D eigenvalue weighted by atomic mass is 19.4. The Hall–Kier alpha value is -3.23. The summed E-state index contributed by atoms with van der Waals surface area (Å²) in [4.78, 5) is 27.1. The van der Waals surface area contributed by atoms with Gasteiger partial charge in [0.25, 0.3) is 0 Å². The summed E-state index contributed by atoms with van der Waals surface area (Å²) in [5.41, 5.74) is 1.68. The normalized spacial score (nSPS) is 20.4. The molecule has 6 nitrogen and oxygen atoms in total. The molecule has 9 heteroatoms. The molecular weight excluding hydrogens is 497 g/mol. The number of carbonyl (C=O) groups excluding carboxylic acids is 2. The Bertz CT molecular complexity index is 1060. The summed E-state index contributed by atoms with van der Waals surface area (Å²) in [5, 5.41) is 2.84. The van der Waals surface area contributed by atoms with E-state index >= 15 is 0 Å². The van der Waals surface area contributed by atoms with Crippen molar-refractivity contribution in [2.75, 3.05) is 12.4 Å². The van der Waals surface area contributed by atoms with Gasteiger partial charge in [-0.05, 0) is 79.5 Å². The van der Waals surface area contributed by atoms with Crippen molar-refractivity contribution < 1.29 is 32.2 Å². The van der Waals surface area contributed by atoms with E-state index in [-0.39, 0.29) is 17.8 Å². The van der Waals surface area contributed by atoms with Crippen LogP contribution in [0.1, 0.15) is 73.7 Å². The van der Waals surface area contributed by atoms with E-state index in [1.165, 1.54) is 63.5 Å². The third-order valence-electron chi connectivity index (χ3n) is 7.83. The van der Waals surface area contributed by atoms with Crippen LogP contribution in [0.3, 0.4) is 0 Å². The Morgan fingerprint density at radius 1 is 0.868 bits per heavy atom. The second-order valence-electron chi connectivity index (χ2n) is 10.3. The van der Waals surface area contributed by atoms with Gasteiger partial charge < -0.3 is 19.7 Å². The quantitative estimate of drug-likeness (QED) is 0.374. The van der Waals surface area contributed by atoms with Crippen molar-refractivity contribution in [3.05, 3.63) is 59.7 Å². The summed E-state index contributed by atoms with van der Waals surface area (Å²) in [6.45, 7) is 0.349. The predicted molar refractivity (Wildman–Crippen MR) is 138 cm³/mol. The molecule has 2 saturated carbocycles. The van der Waals surface area contributed by atoms with E-state index in [1.807, 2.05) is 17.0 Å². The first kappa shape index (κ1) is 27.8. The number of anilines is 1. The smallest absolute Gasteiger partial charge is 0.465 e. The lowest BCUT2D eigenvalue weighted by Gasteiger charge is -2.40. The van der Waals surface area contributed by atoms with Gasteiger partial charge in [-0.2, -0.15) is 0 Å². The number of benzene rings is 2. The van der Waals surface area contributed by atoms with Gasteiger partial charge >= 0.3 is 18.4 Å². The summed E-state index contributed by atoms with van der Waals surface area (Å²) in [7, 11) is 1.33. The van der Waals surface area contributed by atoms with Gasteiger partial charge in [-0.15, -0.1) is 13.2 Å². The maximum Gasteiger partial charge on any atom is 0.573 e. The maximum atomic E-state index is 13.5. The first-order valence-electron chi connectivity index (χ1n) is 13.3. The highest BCUT2D eigenvalue weighted by Gasteiger charge is 2.33. The Morgan fingerprint density at radius 3 is 2.05 bits per heavy atom. The number of ether oxygens (including phenoxy) is 2. The van der Waals surface area contributed by atoms with Crippen LogP contribution in [-0.4, -0.2) is 36.4 Å². The summed E-state index contributed by atoms with van der Waals surface area (Å²) in [6, 6.07) is 11.8. The summed E-state index contributed by atoms with van der Waals surface area (Å²) in [5.74, 6) is 0.719. The number of methoxy groups -OCH3 is 1. The minimum absolute atomic E-state index is 0.0444. The van der Waals surface area contributed by atoms with Gasteiger partial charge in [-0.3, -0.25) is 0 Å². The third kappa shape index (κ3) is 7.65. The van der Waals surface area contributed by atoms with Gasteiger partial charge in [0.05, 0.1) is 12.7 Å². The lowest BCUT2D eigenvalue weighted by atomic mass is 9.72. The van der Waals surface area contributed by atoms with E-state index in [2.05, 4.69) is 10.1 Å². The minimum Gasteiger partial charge on any atom is -0.465 e. The van der Waals surface area contributed by atoms with Crippen molar-refractivity contribution in [1.82, 2.24) is 4.90 Å². The number of amides is 2. The second-order valence-corrected chi connectivity index (χ2v) is 10.3. The molecule has 0 heterocycles. The van der Waals surface area contributed by atoms with Crippen molar-refractivity contribution >= 4 is 17.7 Å². The number of nitrogens with one attached hydrogen (secondary N) is 1. The second kappa shape index (κ2) is 12.5. The molecule has 0 atom stereocenters. The van der Waals surface area contributed by atoms with Crippen LogP contribution in [0.2, 0.25) is 0 Å². The summed E-state index contributed by atoms with van der Waals surface area (Å²) >= 11 is 0. The van der Waals surface area contributed by atoms with Crippen molar-refractivity contribution in [2.45, 2.75) is 76.7 Å². The first-order valence-corrected chi connectivity index (χ1v) is 13.3. The summed E-state index contributed by atoms with van der Waals surface area (Å²) < 4.78 is 46.1. The number of esters is 1. The number of alkyl halides is 3. The zero-order valence-corrected chi connectivity index (χ0v) is 21.6. The zero-order chi connectivity index (χ0) is 27.1. The van der Waals surface area contributed by atoms with Crippen molar-refractivity contribution in [1.29, 1.82) is 0 Å². The topological polar surface area (TPSA) is 67.9 Å². The van der Waals surface area contributed by atoms with Gasteiger partial charge in [0.2, 0.25) is 0 Å². The number of nitrogens with zero attached hydrogens (tertiary/aromatic N) is 1. The molecule has 0 spiro atoms. The number of rotatable bonds is 7. The molecule has 2 aromatic rings. The van der Waals surface area contributed by atoms with Crippen LogP contribution in [0.4, 0.5) is 23.7 Å². The number of urea groups is 1. The molecule has 2 amide bonds. The largest absolute Gasteiger partial charge is 0.573 e. The number of hydrogen-bond donors (Lipinski definition) is 1. The van der Waals surface area contributed by atoms with Crippen LogP contribution in [0.5, 0.6) is 5.75 Å². The molecule has 206 valence electrons. The molecule has 0 bridgehead atoms. The minimum atomic E-state index is -4.78. The van der Waals surface area contributed by atoms with E-state index in [0.29, 0.717) is 23.7 Å². The van der Waals surface area contributed by atoms with Crippen LogP contribution in [-0.2, 0) is 11.3 Å². The predicted octanol–water partition coefficient (Wildman–Crippen LogP) is 7.55. The molecule has 38 heavy (non-hydrogen) atoms. The van der Waals surface area contributed by atoms with Crippen LogP contribution < -0.4 is 10.1 Å². The van der Waals surface area contributed by atoms with E-state index in [4.69, 9.17) is 4.74 Å². The molecule has 2 aliphatic rings. The van der Waals surface area contributed by atoms with Crippen molar-refractivity contribution in [3.63, 3.8) is 0 Å². The van der Waals surface area contributed by atoms with Gasteiger partial charge in [-0.1, -0.05) is 44.2 Å². The fourth-order valence-corrected chi connectivity index (χ4v) is 5.85. The van der Waals surface area contributed by atoms with Crippen molar-refractivity contribution in [2.24, 2.45) is 11.8 Å². The number of hydrogen-bond acceptors (Lipinski definition) is 4. The molecule has 0 aromatic heterocycles. The fraction of sp³-hybridized carbons (Fsp3) is 0.517. The average Bonchev–Trinajstić information content (AvgIpc) is 2.92. The Kier molecular flexibility index (Phi) is 9.17. The molecule has 2 aliphatic carbocycles. The maximum absolute atomic E-state index is 13.5. The highest BCUT2D eigenvalue weighted by Crippen LogP contribution is 2.39. The molecule has 0 saturated heterocycles. The zero-order valence-electron chi connectivity index (χ0n) is 21.6. The van der Waals surface area contributed by atoms with Gasteiger partial charge in [0.15, 0.2) is 0 Å². The van der Waals surface area contributed by atoms with Gasteiger partial charge in [0, 0.05) is 18.3 Å². The van der Waals surface area contributed by atoms with Gasteiger partial charge in [-0.25, -0.2) is 9.59 Å². The standard InChI is InChI=1S/C29H35F3N2O4/c1-37-27(35)23-9-7-20(8-10-23)19-34(25-15-11-22(12-16-25)21-5-3-2-4-6-21)28(36)33-24-13-17-26(18-14-24)38-29(30,31)32/h7-10,13-14,17-18,21-22,25H,2-6,11-12,15-16,19H2,1H3,(H,33,36)/t22-,25+. The van der Waals surface area contributed by atoms with E-state index in [1.54, 1.807) is 12.1 Å². The first-order chi connectivity index (χ1) is 18.2. The number of carbonyl (C=O) groups is 2. The molecular formula is C29H35F3N2O4. The molecule has 0 aliphatic heterocycles. The molecule has 1 N–H and O–H groups in total. The van der Waals surface area contributed by atoms with Crippen molar-refractivity contribution in [3.8, 4) is 5.75 Å². The number of halogens is 3. The molecule has 2 fully saturated rings. The molecule has 4 rings (SSSR count). The van der Waals surface area contributed by atoms with E-state index in [9.17, 15) is 22.8 Å². The Labute approximate surface area is 221 Å². The fourth-order valence-electron chi connectivity index (χ4n) is 5.85. The van der Waals surface area contributed by atoms with Crippen LogP contribution in [0.15, 0.2) is 48.5 Å².